The van der Waals surface area contributed by atoms with Crippen molar-refractivity contribution in [1.29, 1.82) is 0 Å². The highest BCUT2D eigenvalue weighted by molar-refractivity contribution is 7.92. The van der Waals surface area contributed by atoms with Crippen LogP contribution in [0.3, 0.4) is 0 Å². The van der Waals surface area contributed by atoms with Crippen LogP contribution in [-0.2, 0) is 9.84 Å². The highest BCUT2D eigenvalue weighted by Gasteiger charge is 2.46. The second kappa shape index (κ2) is 6.23. The van der Waals surface area contributed by atoms with Crippen LogP contribution in [0, 0.1) is 0 Å². The van der Waals surface area contributed by atoms with E-state index in [0.717, 1.165) is 30.3 Å². The predicted octanol–water partition coefficient (Wildman–Crippen LogP) is 2.17. The SMILES string of the molecule is NC/C=C(/F)COc1ccc(S(=O)(=O)C(F)(F)F)cc1. The molecule has 112 valence electrons. The maximum atomic E-state index is 12.9. The van der Waals surface area contributed by atoms with Gasteiger partial charge < -0.3 is 10.5 Å². The van der Waals surface area contributed by atoms with E-state index in [1.807, 2.05) is 0 Å². The average Bonchev–Trinajstić information content (AvgIpc) is 2.36. The van der Waals surface area contributed by atoms with Gasteiger partial charge in [-0.2, -0.15) is 13.2 Å². The smallest absolute Gasteiger partial charge is 0.487 e. The molecule has 0 aliphatic heterocycles. The summed E-state index contributed by atoms with van der Waals surface area (Å²) in [7, 11) is -5.39. The first-order valence-corrected chi connectivity index (χ1v) is 6.75. The normalized spacial score (nSPS) is 13.3. The molecule has 1 rings (SSSR count). The summed E-state index contributed by atoms with van der Waals surface area (Å²) in [6.07, 6.45) is 1.07. The number of rotatable bonds is 5. The quantitative estimate of drug-likeness (QED) is 0.846. The summed E-state index contributed by atoms with van der Waals surface area (Å²) in [5.41, 5.74) is -0.308. The van der Waals surface area contributed by atoms with Crippen molar-refractivity contribution < 1.29 is 30.7 Å². The zero-order valence-electron chi connectivity index (χ0n) is 10.0. The first-order valence-electron chi connectivity index (χ1n) is 5.27. The molecule has 0 radical (unpaired) electrons. The first kappa shape index (κ1) is 16.4. The van der Waals surface area contributed by atoms with E-state index in [0.29, 0.717) is 0 Å². The summed E-state index contributed by atoms with van der Waals surface area (Å²) in [6, 6.07) is 3.49. The summed E-state index contributed by atoms with van der Waals surface area (Å²) >= 11 is 0. The number of nitrogens with two attached hydrogens (primary N) is 1. The van der Waals surface area contributed by atoms with Crippen LogP contribution in [0.15, 0.2) is 41.1 Å². The van der Waals surface area contributed by atoms with Crippen LogP contribution in [0.25, 0.3) is 0 Å². The Labute approximate surface area is 112 Å². The number of sulfone groups is 1. The van der Waals surface area contributed by atoms with Gasteiger partial charge in [-0.15, -0.1) is 0 Å². The van der Waals surface area contributed by atoms with Crippen molar-refractivity contribution >= 4 is 9.84 Å². The molecule has 0 unspecified atom stereocenters. The predicted molar refractivity (Wildman–Crippen MR) is 63.4 cm³/mol. The van der Waals surface area contributed by atoms with Gasteiger partial charge in [-0.3, -0.25) is 0 Å². The zero-order chi connectivity index (χ0) is 15.4. The second-order valence-corrected chi connectivity index (χ2v) is 5.54. The van der Waals surface area contributed by atoms with Crippen LogP contribution in [0.1, 0.15) is 0 Å². The zero-order valence-corrected chi connectivity index (χ0v) is 10.8. The van der Waals surface area contributed by atoms with Gasteiger partial charge in [-0.25, -0.2) is 12.8 Å². The lowest BCUT2D eigenvalue weighted by Crippen LogP contribution is -2.23. The average molecular weight is 313 g/mol. The van der Waals surface area contributed by atoms with E-state index in [9.17, 15) is 26.0 Å². The summed E-state index contributed by atoms with van der Waals surface area (Å²) in [5.74, 6) is -0.605. The molecule has 0 aliphatic rings. The third kappa shape index (κ3) is 3.94. The Bertz CT molecular complexity index is 579. The Morgan fingerprint density at radius 1 is 1.25 bits per heavy atom. The minimum Gasteiger partial charge on any atom is -0.487 e. The molecule has 20 heavy (non-hydrogen) atoms. The summed E-state index contributed by atoms with van der Waals surface area (Å²) in [5, 5.41) is 0. The fourth-order valence-electron chi connectivity index (χ4n) is 1.19. The number of hydrogen-bond donors (Lipinski definition) is 1. The summed E-state index contributed by atoms with van der Waals surface area (Å²) < 4.78 is 76.8. The van der Waals surface area contributed by atoms with Crippen LogP contribution < -0.4 is 10.5 Å². The monoisotopic (exact) mass is 313 g/mol. The van der Waals surface area contributed by atoms with E-state index in [2.05, 4.69) is 0 Å². The number of ether oxygens (including phenoxy) is 1. The number of hydrogen-bond acceptors (Lipinski definition) is 4. The lowest BCUT2D eigenvalue weighted by molar-refractivity contribution is -0.0436. The van der Waals surface area contributed by atoms with Crippen molar-refractivity contribution in [2.45, 2.75) is 10.4 Å². The van der Waals surface area contributed by atoms with Gasteiger partial charge in [0, 0.05) is 6.54 Å². The van der Waals surface area contributed by atoms with Gasteiger partial charge in [0.2, 0.25) is 0 Å². The van der Waals surface area contributed by atoms with E-state index in [4.69, 9.17) is 10.5 Å². The number of benzene rings is 1. The van der Waals surface area contributed by atoms with Crippen molar-refractivity contribution in [3.63, 3.8) is 0 Å². The molecule has 0 saturated heterocycles. The maximum Gasteiger partial charge on any atom is 0.501 e. The first-order chi connectivity index (χ1) is 9.18. The Kier molecular flexibility index (Phi) is 5.12. The van der Waals surface area contributed by atoms with E-state index >= 15 is 0 Å². The Morgan fingerprint density at radius 2 is 1.80 bits per heavy atom. The molecule has 0 fully saturated rings. The molecule has 0 amide bonds. The minimum atomic E-state index is -5.39. The molecule has 9 heteroatoms. The Hall–Kier alpha value is -1.61. The molecule has 2 N–H and O–H groups in total. The molecular formula is C11H11F4NO3S. The lowest BCUT2D eigenvalue weighted by Gasteiger charge is -2.09. The molecule has 4 nitrogen and oxygen atoms in total. The number of halogens is 4. The standard InChI is InChI=1S/C11H11F4NO3S/c12-8(5-6-16)7-19-9-1-3-10(4-2-9)20(17,18)11(13,14)15/h1-5H,6-7,16H2/b8-5+. The fraction of sp³-hybridized carbons (Fsp3) is 0.273. The van der Waals surface area contributed by atoms with E-state index < -0.39 is 32.7 Å². The molecule has 0 aliphatic carbocycles. The van der Waals surface area contributed by atoms with Crippen LogP contribution in [0.2, 0.25) is 0 Å². The second-order valence-electron chi connectivity index (χ2n) is 3.60. The van der Waals surface area contributed by atoms with Crippen LogP contribution in [0.5, 0.6) is 5.75 Å². The highest BCUT2D eigenvalue weighted by atomic mass is 32.2. The van der Waals surface area contributed by atoms with Crippen molar-refractivity contribution in [3.05, 3.63) is 36.2 Å². The summed E-state index contributed by atoms with van der Waals surface area (Å²) in [6.45, 7) is -0.458. The third-order valence-electron chi connectivity index (χ3n) is 2.15. The van der Waals surface area contributed by atoms with E-state index in [-0.39, 0.29) is 12.3 Å². The highest BCUT2D eigenvalue weighted by Crippen LogP contribution is 2.30. The minimum absolute atomic E-state index is 0.0159. The Balaban J connectivity index is 2.83. The van der Waals surface area contributed by atoms with Gasteiger partial charge in [0.1, 0.15) is 18.2 Å². The van der Waals surface area contributed by atoms with E-state index in [1.54, 1.807) is 0 Å². The Morgan fingerprint density at radius 3 is 2.25 bits per heavy atom. The number of alkyl halides is 3. The van der Waals surface area contributed by atoms with Crippen molar-refractivity contribution in [1.82, 2.24) is 0 Å². The largest absolute Gasteiger partial charge is 0.501 e. The van der Waals surface area contributed by atoms with Gasteiger partial charge in [-0.1, -0.05) is 0 Å². The van der Waals surface area contributed by atoms with E-state index in [1.165, 1.54) is 0 Å². The molecule has 0 heterocycles. The molecule has 0 saturated carbocycles. The molecule has 1 aromatic rings. The molecule has 0 atom stereocenters. The van der Waals surface area contributed by atoms with Gasteiger partial charge in [-0.05, 0) is 30.3 Å². The molecule has 0 bridgehead atoms. The van der Waals surface area contributed by atoms with Gasteiger partial charge in [0.05, 0.1) is 4.90 Å². The lowest BCUT2D eigenvalue weighted by atomic mass is 10.3. The molecule has 1 aromatic carbocycles. The van der Waals surface area contributed by atoms with Crippen molar-refractivity contribution in [2.75, 3.05) is 13.2 Å². The van der Waals surface area contributed by atoms with Crippen LogP contribution in [0.4, 0.5) is 17.6 Å². The third-order valence-corrected chi connectivity index (χ3v) is 3.66. The topological polar surface area (TPSA) is 69.4 Å². The maximum absolute atomic E-state index is 12.9. The van der Waals surface area contributed by atoms with Gasteiger partial charge >= 0.3 is 5.51 Å². The van der Waals surface area contributed by atoms with Crippen molar-refractivity contribution in [2.24, 2.45) is 5.73 Å². The molecular weight excluding hydrogens is 302 g/mol. The molecule has 0 spiro atoms. The molecule has 0 aromatic heterocycles. The van der Waals surface area contributed by atoms with Gasteiger partial charge in [0.25, 0.3) is 9.84 Å². The van der Waals surface area contributed by atoms with Crippen LogP contribution >= 0.6 is 0 Å². The van der Waals surface area contributed by atoms with Crippen molar-refractivity contribution in [3.8, 4) is 5.75 Å². The fourth-order valence-corrected chi connectivity index (χ4v) is 1.95. The van der Waals surface area contributed by atoms with Crippen LogP contribution in [-0.4, -0.2) is 27.1 Å². The van der Waals surface area contributed by atoms with Gasteiger partial charge in [0.15, 0.2) is 0 Å². The summed E-state index contributed by atoms with van der Waals surface area (Å²) in [4.78, 5) is -0.907.